The first-order chi connectivity index (χ1) is 10.4. The Kier molecular flexibility index (Phi) is 5.37. The number of morpholine rings is 1. The fraction of sp³-hybridized carbons (Fsp3) is 0.625. The van der Waals surface area contributed by atoms with Crippen molar-refractivity contribution in [2.24, 2.45) is 0 Å². The summed E-state index contributed by atoms with van der Waals surface area (Å²) in [6.07, 6.45) is 0.957. The van der Waals surface area contributed by atoms with Gasteiger partial charge < -0.3 is 19.9 Å². The van der Waals surface area contributed by atoms with Gasteiger partial charge in [0.1, 0.15) is 0 Å². The van der Waals surface area contributed by atoms with Crippen molar-refractivity contribution >= 4 is 11.7 Å². The first kappa shape index (κ1) is 16.7. The van der Waals surface area contributed by atoms with Crippen LogP contribution in [-0.4, -0.2) is 61.0 Å². The van der Waals surface area contributed by atoms with Crippen molar-refractivity contribution in [3.8, 4) is 0 Å². The van der Waals surface area contributed by atoms with Crippen molar-refractivity contribution in [3.63, 3.8) is 0 Å². The molecule has 1 atom stereocenters. The third-order valence-electron chi connectivity index (χ3n) is 4.11. The van der Waals surface area contributed by atoms with Gasteiger partial charge in [-0.05, 0) is 32.9 Å². The molecular formula is C16H25N3O3. The first-order valence-corrected chi connectivity index (χ1v) is 7.68. The van der Waals surface area contributed by atoms with Crippen molar-refractivity contribution in [2.75, 3.05) is 33.3 Å². The van der Waals surface area contributed by atoms with Crippen LogP contribution in [0.1, 0.15) is 45.4 Å². The highest BCUT2D eigenvalue weighted by molar-refractivity contribution is 6.02. The Morgan fingerprint density at radius 1 is 1.41 bits per heavy atom. The maximum Gasteiger partial charge on any atom is 0.253 e. The van der Waals surface area contributed by atoms with E-state index >= 15 is 0 Å². The molecule has 0 aromatic carbocycles. The maximum atomic E-state index is 12.3. The molecule has 1 amide bonds. The summed E-state index contributed by atoms with van der Waals surface area (Å²) >= 11 is 0. The lowest BCUT2D eigenvalue weighted by atomic mass is 10.1. The van der Waals surface area contributed by atoms with Crippen molar-refractivity contribution in [3.05, 3.63) is 22.5 Å². The van der Waals surface area contributed by atoms with Crippen molar-refractivity contribution < 1.29 is 14.3 Å². The molecule has 0 unspecified atom stereocenters. The molecule has 1 aliphatic heterocycles. The van der Waals surface area contributed by atoms with E-state index in [0.717, 1.165) is 37.4 Å². The van der Waals surface area contributed by atoms with E-state index in [1.807, 2.05) is 6.92 Å². The molecule has 0 aliphatic carbocycles. The van der Waals surface area contributed by atoms with Gasteiger partial charge in [-0.15, -0.1) is 0 Å². The predicted octanol–water partition coefficient (Wildman–Crippen LogP) is 1.28. The summed E-state index contributed by atoms with van der Waals surface area (Å²) in [6, 6.07) is 0. The number of amides is 1. The topological polar surface area (TPSA) is 74.4 Å². The molecule has 2 rings (SSSR count). The average Bonchev–Trinajstić information content (AvgIpc) is 2.74. The Balaban J connectivity index is 1.91. The van der Waals surface area contributed by atoms with E-state index in [1.54, 1.807) is 6.92 Å². The van der Waals surface area contributed by atoms with E-state index in [2.05, 4.69) is 22.2 Å². The third kappa shape index (κ3) is 3.75. The monoisotopic (exact) mass is 307 g/mol. The highest BCUT2D eigenvalue weighted by Gasteiger charge is 2.21. The number of nitrogens with one attached hydrogen (secondary N) is 2. The minimum atomic E-state index is -0.136. The standard InChI is InChI=1S/C16H25N3O3/c1-10-14(11(2)18-15(10)12(3)20)16(21)17-6-5-13-9-19(4)7-8-22-13/h13,18H,5-9H2,1-4H3,(H,17,21)/t13-/m0/s1. The van der Waals surface area contributed by atoms with E-state index < -0.39 is 0 Å². The molecule has 0 spiro atoms. The molecular weight excluding hydrogens is 282 g/mol. The van der Waals surface area contributed by atoms with Gasteiger partial charge >= 0.3 is 0 Å². The molecule has 22 heavy (non-hydrogen) atoms. The number of ether oxygens (including phenoxy) is 1. The highest BCUT2D eigenvalue weighted by atomic mass is 16.5. The van der Waals surface area contributed by atoms with E-state index in [0.29, 0.717) is 17.8 Å². The average molecular weight is 307 g/mol. The van der Waals surface area contributed by atoms with E-state index in [-0.39, 0.29) is 17.8 Å². The second kappa shape index (κ2) is 7.07. The van der Waals surface area contributed by atoms with Gasteiger partial charge in [0, 0.05) is 32.3 Å². The summed E-state index contributed by atoms with van der Waals surface area (Å²) in [5.41, 5.74) is 2.54. The van der Waals surface area contributed by atoms with Gasteiger partial charge in [0.25, 0.3) is 5.91 Å². The first-order valence-electron chi connectivity index (χ1n) is 7.68. The molecule has 6 heteroatoms. The van der Waals surface area contributed by atoms with Gasteiger partial charge in [0.2, 0.25) is 0 Å². The fourth-order valence-electron chi connectivity index (χ4n) is 2.92. The second-order valence-corrected chi connectivity index (χ2v) is 5.98. The van der Waals surface area contributed by atoms with Crippen LogP contribution in [0.25, 0.3) is 0 Å². The van der Waals surface area contributed by atoms with Crippen LogP contribution in [0, 0.1) is 13.8 Å². The van der Waals surface area contributed by atoms with Crippen LogP contribution < -0.4 is 5.32 Å². The quantitative estimate of drug-likeness (QED) is 0.804. The molecule has 1 aromatic rings. The smallest absolute Gasteiger partial charge is 0.253 e. The number of ketones is 1. The molecule has 1 saturated heterocycles. The lowest BCUT2D eigenvalue weighted by Crippen LogP contribution is -2.41. The van der Waals surface area contributed by atoms with Crippen LogP contribution >= 0.6 is 0 Å². The van der Waals surface area contributed by atoms with Crippen molar-refractivity contribution in [1.29, 1.82) is 0 Å². The van der Waals surface area contributed by atoms with Gasteiger partial charge in [0.05, 0.1) is 24.0 Å². The molecule has 122 valence electrons. The summed E-state index contributed by atoms with van der Waals surface area (Å²) < 4.78 is 5.68. The number of likely N-dealkylation sites (N-methyl/N-ethyl adjacent to an activating group) is 1. The summed E-state index contributed by atoms with van der Waals surface area (Å²) in [5, 5.41) is 2.93. The Hall–Kier alpha value is -1.66. The molecule has 1 aliphatic rings. The number of hydrogen-bond acceptors (Lipinski definition) is 4. The molecule has 6 nitrogen and oxygen atoms in total. The zero-order chi connectivity index (χ0) is 16.3. The number of nitrogens with zero attached hydrogens (tertiary/aromatic N) is 1. The van der Waals surface area contributed by atoms with Crippen molar-refractivity contribution in [2.45, 2.75) is 33.3 Å². The van der Waals surface area contributed by atoms with Crippen LogP contribution in [0.15, 0.2) is 0 Å². The minimum Gasteiger partial charge on any atom is -0.375 e. The molecule has 1 aromatic heterocycles. The van der Waals surface area contributed by atoms with Crippen LogP contribution in [0.2, 0.25) is 0 Å². The normalized spacial score (nSPS) is 19.2. The lowest BCUT2D eigenvalue weighted by molar-refractivity contribution is -0.0226. The number of hydrogen-bond donors (Lipinski definition) is 2. The SMILES string of the molecule is CC(=O)c1[nH]c(C)c(C(=O)NCC[C@H]2CN(C)CCO2)c1C. The molecule has 1 fully saturated rings. The number of aromatic amines is 1. The number of Topliss-reactive ketones (excluding diaryl/α,β-unsaturated/α-hetero) is 1. The Morgan fingerprint density at radius 2 is 2.14 bits per heavy atom. The molecule has 0 bridgehead atoms. The maximum absolute atomic E-state index is 12.3. The molecule has 0 saturated carbocycles. The van der Waals surface area contributed by atoms with Gasteiger partial charge in [-0.1, -0.05) is 0 Å². The zero-order valence-electron chi connectivity index (χ0n) is 13.8. The Morgan fingerprint density at radius 3 is 2.73 bits per heavy atom. The minimum absolute atomic E-state index is 0.0571. The van der Waals surface area contributed by atoms with E-state index in [1.165, 1.54) is 6.92 Å². The van der Waals surface area contributed by atoms with Crippen LogP contribution in [0.3, 0.4) is 0 Å². The molecule has 2 N–H and O–H groups in total. The lowest BCUT2D eigenvalue weighted by Gasteiger charge is -2.30. The largest absolute Gasteiger partial charge is 0.375 e. The number of aryl methyl sites for hydroxylation is 1. The summed E-state index contributed by atoms with van der Waals surface area (Å²) in [6.45, 7) is 8.27. The van der Waals surface area contributed by atoms with Gasteiger partial charge in [-0.2, -0.15) is 0 Å². The summed E-state index contributed by atoms with van der Waals surface area (Å²) in [5.74, 6) is -0.193. The van der Waals surface area contributed by atoms with Gasteiger partial charge in [-0.25, -0.2) is 0 Å². The van der Waals surface area contributed by atoms with Crippen molar-refractivity contribution in [1.82, 2.24) is 15.2 Å². The van der Waals surface area contributed by atoms with Crippen LogP contribution in [0.5, 0.6) is 0 Å². The van der Waals surface area contributed by atoms with E-state index in [4.69, 9.17) is 4.74 Å². The third-order valence-corrected chi connectivity index (χ3v) is 4.11. The van der Waals surface area contributed by atoms with Crippen LogP contribution in [-0.2, 0) is 4.74 Å². The summed E-state index contributed by atoms with van der Waals surface area (Å²) in [7, 11) is 2.07. The number of carbonyl (C=O) groups is 2. The number of carbonyl (C=O) groups excluding carboxylic acids is 2. The van der Waals surface area contributed by atoms with Crippen LogP contribution in [0.4, 0.5) is 0 Å². The number of rotatable bonds is 5. The van der Waals surface area contributed by atoms with Gasteiger partial charge in [0.15, 0.2) is 5.78 Å². The Bertz CT molecular complexity index is 565. The highest BCUT2D eigenvalue weighted by Crippen LogP contribution is 2.18. The van der Waals surface area contributed by atoms with Gasteiger partial charge in [-0.3, -0.25) is 9.59 Å². The second-order valence-electron chi connectivity index (χ2n) is 5.98. The Labute approximate surface area is 131 Å². The summed E-state index contributed by atoms with van der Waals surface area (Å²) in [4.78, 5) is 29.1. The number of aromatic nitrogens is 1. The fourth-order valence-corrected chi connectivity index (χ4v) is 2.92. The molecule has 0 radical (unpaired) electrons. The zero-order valence-corrected chi connectivity index (χ0v) is 13.8. The predicted molar refractivity (Wildman–Crippen MR) is 84.5 cm³/mol. The molecule has 2 heterocycles. The number of H-pyrrole nitrogens is 1. The van der Waals surface area contributed by atoms with E-state index in [9.17, 15) is 9.59 Å².